The van der Waals surface area contributed by atoms with Crippen LogP contribution in [0.5, 0.6) is 0 Å². The Morgan fingerprint density at radius 3 is 2.55 bits per heavy atom. The van der Waals surface area contributed by atoms with Crippen molar-refractivity contribution < 1.29 is 4.39 Å². The number of aromatic nitrogens is 1. The molecule has 1 aromatic carbocycles. The predicted octanol–water partition coefficient (Wildman–Crippen LogP) is 3.38. The van der Waals surface area contributed by atoms with Crippen LogP contribution in [-0.4, -0.2) is 13.1 Å². The Balaban J connectivity index is 2.34. The molecular weight excluding hydrogens is 269 g/mol. The number of nitrogens with one attached hydrogen (secondary N) is 1. The van der Waals surface area contributed by atoms with Crippen LogP contribution in [0.15, 0.2) is 36.7 Å². The maximum atomic E-state index is 14.2. The van der Waals surface area contributed by atoms with Crippen molar-refractivity contribution >= 4 is 24.6 Å². The molecule has 1 aromatic heterocycles. The molecule has 5 heteroatoms. The van der Waals surface area contributed by atoms with Gasteiger partial charge in [-0.2, -0.15) is 5.26 Å². The van der Waals surface area contributed by atoms with E-state index in [1.54, 1.807) is 18.2 Å². The van der Waals surface area contributed by atoms with E-state index in [1.165, 1.54) is 12.4 Å². The van der Waals surface area contributed by atoms with Crippen LogP contribution in [0.4, 0.5) is 15.8 Å². The van der Waals surface area contributed by atoms with Crippen LogP contribution >= 0.6 is 0 Å². The number of anilines is 2. The lowest BCUT2D eigenvalue weighted by molar-refractivity contribution is 0.633. The van der Waals surface area contributed by atoms with E-state index < -0.39 is 8.07 Å². The Hall–Kier alpha value is -2.19. The molecule has 0 saturated carbocycles. The summed E-state index contributed by atoms with van der Waals surface area (Å²) in [6.07, 6.45) is 3.05. The van der Waals surface area contributed by atoms with E-state index in [-0.39, 0.29) is 5.82 Å². The van der Waals surface area contributed by atoms with Gasteiger partial charge in [0.2, 0.25) is 0 Å². The van der Waals surface area contributed by atoms with E-state index in [0.29, 0.717) is 16.9 Å². The van der Waals surface area contributed by atoms with Crippen molar-refractivity contribution in [3.8, 4) is 6.07 Å². The number of halogens is 1. The number of hydrogen-bond donors (Lipinski definition) is 1. The quantitative estimate of drug-likeness (QED) is 0.879. The number of nitrogens with zero attached hydrogens (tertiary/aromatic N) is 2. The van der Waals surface area contributed by atoms with E-state index in [2.05, 4.69) is 36.0 Å². The van der Waals surface area contributed by atoms with Crippen molar-refractivity contribution in [1.29, 1.82) is 5.26 Å². The van der Waals surface area contributed by atoms with Crippen molar-refractivity contribution in [2.24, 2.45) is 0 Å². The highest BCUT2D eigenvalue weighted by Gasteiger charge is 2.18. The number of pyridine rings is 1. The van der Waals surface area contributed by atoms with Crippen LogP contribution in [0, 0.1) is 17.1 Å². The largest absolute Gasteiger partial charge is 0.351 e. The van der Waals surface area contributed by atoms with Gasteiger partial charge in [-0.3, -0.25) is 4.98 Å². The normalized spacial score (nSPS) is 10.9. The van der Waals surface area contributed by atoms with E-state index in [1.807, 2.05) is 6.07 Å². The molecule has 0 fully saturated rings. The Bertz CT molecular complexity index is 672. The van der Waals surface area contributed by atoms with Gasteiger partial charge in [0.1, 0.15) is 11.9 Å². The fourth-order valence-electron chi connectivity index (χ4n) is 1.82. The van der Waals surface area contributed by atoms with Gasteiger partial charge in [0.15, 0.2) is 0 Å². The zero-order valence-electron chi connectivity index (χ0n) is 11.7. The SMILES string of the molecule is C[Si](C)(C)c1ccc(Nc2cnccc2C#N)c(F)c1. The molecule has 0 saturated heterocycles. The second-order valence-electron chi connectivity index (χ2n) is 5.60. The van der Waals surface area contributed by atoms with E-state index in [4.69, 9.17) is 5.26 Å². The fraction of sp³-hybridized carbons (Fsp3) is 0.200. The molecule has 0 aliphatic rings. The molecule has 2 rings (SSSR count). The van der Waals surface area contributed by atoms with Gasteiger partial charge in [0.25, 0.3) is 0 Å². The first kappa shape index (κ1) is 14.2. The molecule has 0 aliphatic heterocycles. The lowest BCUT2D eigenvalue weighted by atomic mass is 10.2. The molecule has 0 unspecified atom stereocenters. The van der Waals surface area contributed by atoms with Gasteiger partial charge in [-0.15, -0.1) is 0 Å². The highest BCUT2D eigenvalue weighted by Crippen LogP contribution is 2.21. The molecule has 102 valence electrons. The molecular formula is C15H16FN3Si. The summed E-state index contributed by atoms with van der Waals surface area (Å²) in [5, 5.41) is 13.0. The molecule has 0 aliphatic carbocycles. The van der Waals surface area contributed by atoms with E-state index in [0.717, 1.165) is 5.19 Å². The lowest BCUT2D eigenvalue weighted by Gasteiger charge is -2.18. The molecule has 20 heavy (non-hydrogen) atoms. The highest BCUT2D eigenvalue weighted by molar-refractivity contribution is 6.88. The van der Waals surface area contributed by atoms with Crippen LogP contribution in [0.3, 0.4) is 0 Å². The Morgan fingerprint density at radius 2 is 1.95 bits per heavy atom. The van der Waals surface area contributed by atoms with Crippen LogP contribution in [0.1, 0.15) is 5.56 Å². The number of benzene rings is 1. The van der Waals surface area contributed by atoms with Crippen LogP contribution < -0.4 is 10.5 Å². The topological polar surface area (TPSA) is 48.7 Å². The first-order valence-electron chi connectivity index (χ1n) is 6.33. The van der Waals surface area contributed by atoms with Crippen molar-refractivity contribution in [3.05, 3.63) is 48.0 Å². The summed E-state index contributed by atoms with van der Waals surface area (Å²) in [5.74, 6) is -0.308. The maximum absolute atomic E-state index is 14.2. The zero-order chi connectivity index (χ0) is 14.8. The molecule has 0 bridgehead atoms. The van der Waals surface area contributed by atoms with Crippen molar-refractivity contribution in [3.63, 3.8) is 0 Å². The Kier molecular flexibility index (Phi) is 3.86. The molecule has 0 amide bonds. The number of rotatable bonds is 3. The lowest BCUT2D eigenvalue weighted by Crippen LogP contribution is -2.37. The van der Waals surface area contributed by atoms with Crippen molar-refractivity contribution in [1.82, 2.24) is 4.98 Å². The predicted molar refractivity (Wildman–Crippen MR) is 81.6 cm³/mol. The standard InChI is InChI=1S/C15H16FN3Si/c1-20(2,3)12-4-5-14(13(16)8-12)19-15-10-18-7-6-11(15)9-17/h4-8,10,19H,1-3H3. The van der Waals surface area contributed by atoms with Gasteiger partial charge in [0.05, 0.1) is 31.2 Å². The maximum Gasteiger partial charge on any atom is 0.146 e. The van der Waals surface area contributed by atoms with Gasteiger partial charge in [-0.05, 0) is 18.2 Å². The Morgan fingerprint density at radius 1 is 1.20 bits per heavy atom. The molecule has 1 heterocycles. The van der Waals surface area contributed by atoms with Gasteiger partial charge < -0.3 is 5.32 Å². The number of nitriles is 1. The zero-order valence-corrected chi connectivity index (χ0v) is 12.7. The minimum absolute atomic E-state index is 0.308. The van der Waals surface area contributed by atoms with Gasteiger partial charge in [-0.25, -0.2) is 4.39 Å². The summed E-state index contributed by atoms with van der Waals surface area (Å²) in [4.78, 5) is 3.95. The minimum Gasteiger partial charge on any atom is -0.351 e. The first-order chi connectivity index (χ1) is 9.41. The second kappa shape index (κ2) is 5.43. The molecule has 2 aromatic rings. The molecule has 1 N–H and O–H groups in total. The fourth-order valence-corrected chi connectivity index (χ4v) is 2.96. The summed E-state index contributed by atoms with van der Waals surface area (Å²) >= 11 is 0. The minimum atomic E-state index is -1.53. The van der Waals surface area contributed by atoms with E-state index >= 15 is 0 Å². The molecule has 0 radical (unpaired) electrons. The highest BCUT2D eigenvalue weighted by atomic mass is 28.3. The third-order valence-corrected chi connectivity index (χ3v) is 5.09. The van der Waals surface area contributed by atoms with Crippen LogP contribution in [-0.2, 0) is 0 Å². The molecule has 0 spiro atoms. The third-order valence-electron chi connectivity index (χ3n) is 3.05. The Labute approximate surface area is 119 Å². The molecule has 3 nitrogen and oxygen atoms in total. The van der Waals surface area contributed by atoms with Crippen molar-refractivity contribution in [2.75, 3.05) is 5.32 Å². The van der Waals surface area contributed by atoms with E-state index in [9.17, 15) is 4.39 Å². The number of hydrogen-bond acceptors (Lipinski definition) is 3. The third kappa shape index (κ3) is 3.03. The summed E-state index contributed by atoms with van der Waals surface area (Å²) in [6.45, 7) is 6.51. The smallest absolute Gasteiger partial charge is 0.146 e. The van der Waals surface area contributed by atoms with Gasteiger partial charge >= 0.3 is 0 Å². The summed E-state index contributed by atoms with van der Waals surface area (Å²) in [5.41, 5.74) is 1.31. The summed E-state index contributed by atoms with van der Waals surface area (Å²) in [7, 11) is -1.53. The van der Waals surface area contributed by atoms with Crippen LogP contribution in [0.2, 0.25) is 19.6 Å². The summed E-state index contributed by atoms with van der Waals surface area (Å²) < 4.78 is 14.2. The van der Waals surface area contributed by atoms with Crippen LogP contribution in [0.25, 0.3) is 0 Å². The van der Waals surface area contributed by atoms with Crippen molar-refractivity contribution in [2.45, 2.75) is 19.6 Å². The average Bonchev–Trinajstić information content (AvgIpc) is 2.40. The first-order valence-corrected chi connectivity index (χ1v) is 9.83. The monoisotopic (exact) mass is 285 g/mol. The summed E-state index contributed by atoms with van der Waals surface area (Å²) in [6, 6.07) is 8.89. The second-order valence-corrected chi connectivity index (χ2v) is 10.7. The average molecular weight is 285 g/mol. The van der Waals surface area contributed by atoms with Gasteiger partial charge in [0, 0.05) is 6.20 Å². The molecule has 0 atom stereocenters. The van der Waals surface area contributed by atoms with Gasteiger partial charge in [-0.1, -0.05) is 30.9 Å².